The maximum atomic E-state index is 11.9. The number of nitrogens with one attached hydrogen (secondary N) is 1. The minimum absolute atomic E-state index is 0.00114. The number of esters is 1. The maximum Gasteiger partial charge on any atom is 0.331 e. The molecule has 1 N–H and O–H groups in total. The molecule has 0 saturated heterocycles. The predicted molar refractivity (Wildman–Crippen MR) is 114 cm³/mol. The number of carbonyl (C=O) groups excluding carboxylic acids is 2. The Hall–Kier alpha value is -3.34. The van der Waals surface area contributed by atoms with Crippen molar-refractivity contribution in [2.45, 2.75) is 25.8 Å². The standard InChI is InChI=1S/C24H27NO4/c1-3-17-28-22-14-11-21(12-15-22)13-16-24(27)29-18-23(26)25-19(2)9-10-20-7-5-4-6-8-20/h3-8,11-16,19H,1,9-10,17-18H2,2H3,(H,25,26)/b16-13+/t19-/m0/s1. The van der Waals surface area contributed by atoms with Crippen LogP contribution in [0.2, 0.25) is 0 Å². The predicted octanol–water partition coefficient (Wildman–Crippen LogP) is 3.95. The van der Waals surface area contributed by atoms with Crippen LogP contribution < -0.4 is 10.1 Å². The highest BCUT2D eigenvalue weighted by Gasteiger charge is 2.09. The molecule has 5 nitrogen and oxygen atoms in total. The second-order valence-electron chi connectivity index (χ2n) is 6.60. The summed E-state index contributed by atoms with van der Waals surface area (Å²) in [7, 11) is 0. The summed E-state index contributed by atoms with van der Waals surface area (Å²) in [6.07, 6.45) is 6.29. The van der Waals surface area contributed by atoms with Crippen LogP contribution in [0.15, 0.2) is 73.3 Å². The van der Waals surface area contributed by atoms with Gasteiger partial charge in [0.05, 0.1) is 0 Å². The number of benzene rings is 2. The Morgan fingerprint density at radius 2 is 1.83 bits per heavy atom. The van der Waals surface area contributed by atoms with E-state index < -0.39 is 5.97 Å². The molecule has 1 atom stereocenters. The summed E-state index contributed by atoms with van der Waals surface area (Å²) in [6.45, 7) is 5.67. The zero-order chi connectivity index (χ0) is 20.9. The lowest BCUT2D eigenvalue weighted by atomic mass is 10.1. The number of rotatable bonds is 11. The van der Waals surface area contributed by atoms with Crippen LogP contribution in [0.1, 0.15) is 24.5 Å². The van der Waals surface area contributed by atoms with Crippen molar-refractivity contribution < 1.29 is 19.1 Å². The van der Waals surface area contributed by atoms with Gasteiger partial charge in [0, 0.05) is 12.1 Å². The summed E-state index contributed by atoms with van der Waals surface area (Å²) in [5.41, 5.74) is 2.05. The van der Waals surface area contributed by atoms with Crippen molar-refractivity contribution in [3.8, 4) is 5.75 Å². The SMILES string of the molecule is C=CCOc1ccc(/C=C/C(=O)OCC(=O)N[C@@H](C)CCc2ccccc2)cc1. The molecule has 2 rings (SSSR count). The first-order valence-corrected chi connectivity index (χ1v) is 9.58. The minimum atomic E-state index is -0.566. The van der Waals surface area contributed by atoms with Crippen LogP contribution in [0.4, 0.5) is 0 Å². The molecule has 1 amide bonds. The second kappa shape index (κ2) is 12.2. The van der Waals surface area contributed by atoms with Crippen molar-refractivity contribution in [3.05, 3.63) is 84.5 Å². The van der Waals surface area contributed by atoms with Crippen LogP contribution in [0, 0.1) is 0 Å². The van der Waals surface area contributed by atoms with Crippen LogP contribution in [-0.4, -0.2) is 31.1 Å². The normalized spacial score (nSPS) is 11.6. The molecular weight excluding hydrogens is 366 g/mol. The fraction of sp³-hybridized carbons (Fsp3) is 0.250. The molecular formula is C24H27NO4. The first-order valence-electron chi connectivity index (χ1n) is 9.58. The van der Waals surface area contributed by atoms with Gasteiger partial charge in [0.25, 0.3) is 5.91 Å². The van der Waals surface area contributed by atoms with Crippen molar-refractivity contribution in [2.24, 2.45) is 0 Å². The first-order chi connectivity index (χ1) is 14.1. The van der Waals surface area contributed by atoms with E-state index >= 15 is 0 Å². The lowest BCUT2D eigenvalue weighted by Gasteiger charge is -2.13. The highest BCUT2D eigenvalue weighted by atomic mass is 16.5. The van der Waals surface area contributed by atoms with Gasteiger partial charge >= 0.3 is 5.97 Å². The van der Waals surface area contributed by atoms with Crippen LogP contribution in [-0.2, 0) is 20.7 Å². The van der Waals surface area contributed by atoms with E-state index in [4.69, 9.17) is 9.47 Å². The maximum absolute atomic E-state index is 11.9. The Labute approximate surface area is 172 Å². The van der Waals surface area contributed by atoms with Gasteiger partial charge in [-0.05, 0) is 49.1 Å². The Bertz CT molecular complexity index is 813. The number of hydrogen-bond acceptors (Lipinski definition) is 4. The van der Waals surface area contributed by atoms with E-state index in [1.807, 2.05) is 37.3 Å². The zero-order valence-electron chi connectivity index (χ0n) is 16.7. The molecule has 0 bridgehead atoms. The Kier molecular flexibility index (Phi) is 9.22. The molecule has 0 aliphatic rings. The molecule has 0 saturated carbocycles. The molecule has 0 aliphatic heterocycles. The van der Waals surface area contributed by atoms with Gasteiger partial charge in [-0.2, -0.15) is 0 Å². The van der Waals surface area contributed by atoms with Crippen LogP contribution >= 0.6 is 0 Å². The molecule has 0 aromatic heterocycles. The quantitative estimate of drug-likeness (QED) is 0.357. The fourth-order valence-corrected chi connectivity index (χ4v) is 2.60. The average molecular weight is 393 g/mol. The highest BCUT2D eigenvalue weighted by molar-refractivity contribution is 5.89. The van der Waals surface area contributed by atoms with Gasteiger partial charge in [-0.1, -0.05) is 55.1 Å². The van der Waals surface area contributed by atoms with E-state index in [9.17, 15) is 9.59 Å². The number of aryl methyl sites for hydroxylation is 1. The lowest BCUT2D eigenvalue weighted by Crippen LogP contribution is -2.36. The van der Waals surface area contributed by atoms with Gasteiger partial charge in [0.2, 0.25) is 0 Å². The van der Waals surface area contributed by atoms with Crippen molar-refractivity contribution >= 4 is 18.0 Å². The van der Waals surface area contributed by atoms with Crippen molar-refractivity contribution in [2.75, 3.05) is 13.2 Å². The summed E-state index contributed by atoms with van der Waals surface area (Å²) >= 11 is 0. The monoisotopic (exact) mass is 393 g/mol. The Balaban J connectivity index is 1.67. The molecule has 0 heterocycles. The van der Waals surface area contributed by atoms with E-state index in [1.165, 1.54) is 11.6 Å². The molecule has 0 unspecified atom stereocenters. The van der Waals surface area contributed by atoms with Crippen LogP contribution in [0.5, 0.6) is 5.75 Å². The Morgan fingerprint density at radius 1 is 1.10 bits per heavy atom. The fourth-order valence-electron chi connectivity index (χ4n) is 2.60. The van der Waals surface area contributed by atoms with E-state index in [0.717, 1.165) is 24.2 Å². The number of amides is 1. The Morgan fingerprint density at radius 3 is 2.52 bits per heavy atom. The van der Waals surface area contributed by atoms with Gasteiger partial charge in [-0.3, -0.25) is 4.79 Å². The molecule has 0 aliphatic carbocycles. The lowest BCUT2D eigenvalue weighted by molar-refractivity contribution is -0.144. The topological polar surface area (TPSA) is 64.6 Å². The first kappa shape index (κ1) is 22.0. The van der Waals surface area contributed by atoms with E-state index in [0.29, 0.717) is 6.61 Å². The van der Waals surface area contributed by atoms with Gasteiger partial charge in [0.15, 0.2) is 6.61 Å². The molecule has 0 radical (unpaired) electrons. The van der Waals surface area contributed by atoms with Crippen molar-refractivity contribution in [3.63, 3.8) is 0 Å². The summed E-state index contributed by atoms with van der Waals surface area (Å²) in [4.78, 5) is 23.7. The molecule has 0 spiro atoms. The largest absolute Gasteiger partial charge is 0.490 e. The average Bonchev–Trinajstić information content (AvgIpc) is 2.75. The minimum Gasteiger partial charge on any atom is -0.490 e. The summed E-state index contributed by atoms with van der Waals surface area (Å²) < 4.78 is 10.4. The second-order valence-corrected chi connectivity index (χ2v) is 6.60. The van der Waals surface area contributed by atoms with Gasteiger partial charge in [-0.25, -0.2) is 4.79 Å². The van der Waals surface area contributed by atoms with E-state index in [1.54, 1.807) is 24.3 Å². The van der Waals surface area contributed by atoms with Crippen molar-refractivity contribution in [1.29, 1.82) is 0 Å². The van der Waals surface area contributed by atoms with E-state index in [2.05, 4.69) is 24.0 Å². The third-order valence-corrected chi connectivity index (χ3v) is 4.12. The van der Waals surface area contributed by atoms with Crippen LogP contribution in [0.3, 0.4) is 0 Å². The molecule has 5 heteroatoms. The molecule has 2 aromatic rings. The van der Waals surface area contributed by atoms with E-state index in [-0.39, 0.29) is 18.6 Å². The summed E-state index contributed by atoms with van der Waals surface area (Å²) in [5, 5.41) is 2.84. The third-order valence-electron chi connectivity index (χ3n) is 4.12. The van der Waals surface area contributed by atoms with Gasteiger partial charge in [-0.15, -0.1) is 0 Å². The molecule has 152 valence electrons. The zero-order valence-corrected chi connectivity index (χ0v) is 16.7. The number of ether oxygens (including phenoxy) is 2. The summed E-state index contributed by atoms with van der Waals surface area (Å²) in [6, 6.07) is 17.3. The van der Waals surface area contributed by atoms with Crippen LogP contribution in [0.25, 0.3) is 6.08 Å². The third kappa shape index (κ3) is 8.93. The van der Waals surface area contributed by atoms with Gasteiger partial charge < -0.3 is 14.8 Å². The smallest absolute Gasteiger partial charge is 0.331 e. The molecule has 0 fully saturated rings. The number of hydrogen-bond donors (Lipinski definition) is 1. The van der Waals surface area contributed by atoms with Crippen molar-refractivity contribution in [1.82, 2.24) is 5.32 Å². The highest BCUT2D eigenvalue weighted by Crippen LogP contribution is 2.13. The molecule has 29 heavy (non-hydrogen) atoms. The van der Waals surface area contributed by atoms with Gasteiger partial charge in [0.1, 0.15) is 12.4 Å². The molecule has 2 aromatic carbocycles. The number of carbonyl (C=O) groups is 2. The summed E-state index contributed by atoms with van der Waals surface area (Å²) in [5.74, 6) is -0.150.